The van der Waals surface area contributed by atoms with E-state index in [4.69, 9.17) is 14.5 Å². The fraction of sp³-hybridized carbons (Fsp3) is 0.292. The molecule has 0 amide bonds. The molecule has 0 spiro atoms. The summed E-state index contributed by atoms with van der Waals surface area (Å²) in [5.74, 6) is -1.08. The summed E-state index contributed by atoms with van der Waals surface area (Å²) in [6, 6.07) is 1.16. The lowest BCUT2D eigenvalue weighted by Gasteiger charge is -2.26. The highest BCUT2D eigenvalue weighted by molar-refractivity contribution is 6.14. The fourth-order valence-corrected chi connectivity index (χ4v) is 3.68. The predicted molar refractivity (Wildman–Crippen MR) is 133 cm³/mol. The topological polar surface area (TPSA) is 105 Å². The van der Waals surface area contributed by atoms with Crippen molar-refractivity contribution in [2.45, 2.75) is 19.9 Å². The van der Waals surface area contributed by atoms with E-state index in [2.05, 4.69) is 25.1 Å². The van der Waals surface area contributed by atoms with E-state index in [1.807, 2.05) is 13.2 Å². The van der Waals surface area contributed by atoms with Crippen LogP contribution in [0.15, 0.2) is 57.7 Å². The molecule has 2 aromatic heterocycles. The molecule has 0 unspecified atom stereocenters. The number of benzene rings is 1. The number of methoxy groups -OCH3 is 2. The minimum absolute atomic E-state index is 0.0178. The van der Waals surface area contributed by atoms with Crippen molar-refractivity contribution in [2.24, 2.45) is 22.0 Å². The summed E-state index contributed by atoms with van der Waals surface area (Å²) in [7, 11) is 4.41. The highest BCUT2D eigenvalue weighted by Crippen LogP contribution is 2.39. The van der Waals surface area contributed by atoms with Gasteiger partial charge < -0.3 is 19.4 Å². The number of H-pyrrole nitrogens is 1. The molecular weight excluding hydrogens is 470 g/mol. The number of aryl methyl sites for hydroxylation is 1. The molecule has 3 aromatic rings. The van der Waals surface area contributed by atoms with E-state index in [9.17, 15) is 0 Å². The van der Waals surface area contributed by atoms with Crippen molar-refractivity contribution in [3.8, 4) is 11.5 Å². The van der Waals surface area contributed by atoms with Gasteiger partial charge in [0.15, 0.2) is 29.0 Å². The van der Waals surface area contributed by atoms with Gasteiger partial charge in [0.05, 0.1) is 39.2 Å². The third kappa shape index (κ3) is 5.16. The molecule has 0 aliphatic carbocycles. The van der Waals surface area contributed by atoms with Gasteiger partial charge in [-0.05, 0) is 13.0 Å². The van der Waals surface area contributed by atoms with E-state index in [-0.39, 0.29) is 30.4 Å². The molecular formula is C24H26F2N8O2. The van der Waals surface area contributed by atoms with Crippen LogP contribution in [0.2, 0.25) is 0 Å². The van der Waals surface area contributed by atoms with Gasteiger partial charge in [0.2, 0.25) is 0 Å². The SMILES string of the molecule is C/C=C(\N=C1/CN=CCC(c2cnn(C)c2)=N1)N(Cc1ncc[nH]1)c1c(F)c(OC)cc(OC)c1F. The number of allylic oxidation sites excluding steroid dienone is 1. The Kier molecular flexibility index (Phi) is 7.52. The monoisotopic (exact) mass is 496 g/mol. The van der Waals surface area contributed by atoms with Crippen molar-refractivity contribution in [3.63, 3.8) is 0 Å². The second-order valence-corrected chi connectivity index (χ2v) is 7.74. The zero-order valence-electron chi connectivity index (χ0n) is 20.4. The van der Waals surface area contributed by atoms with Gasteiger partial charge in [-0.25, -0.2) is 23.7 Å². The molecule has 0 atom stereocenters. The lowest BCUT2D eigenvalue weighted by atomic mass is 10.2. The maximum atomic E-state index is 15.5. The fourth-order valence-electron chi connectivity index (χ4n) is 3.68. The van der Waals surface area contributed by atoms with E-state index in [0.29, 0.717) is 18.1 Å². The highest BCUT2D eigenvalue weighted by atomic mass is 19.1. The zero-order chi connectivity index (χ0) is 25.7. The zero-order valence-corrected chi connectivity index (χ0v) is 20.4. The largest absolute Gasteiger partial charge is 0.493 e. The molecule has 1 aromatic carbocycles. The highest BCUT2D eigenvalue weighted by Gasteiger charge is 2.28. The molecule has 0 saturated heterocycles. The van der Waals surface area contributed by atoms with Crippen LogP contribution in [0.3, 0.4) is 0 Å². The van der Waals surface area contributed by atoms with Gasteiger partial charge in [0.25, 0.3) is 0 Å². The standard InChI is InChI=1S/C24H26F2N8O2/c1-5-21(32-19-12-27-7-6-16(31-19)15-11-30-33(2)13-15)34(14-20-28-8-9-29-20)24-22(25)17(35-3)10-18(36-4)23(24)26/h5,7-11,13H,6,12,14H2,1-4H3,(H,28,29)/b21-5+,32-19+. The van der Waals surface area contributed by atoms with Crippen LogP contribution in [0, 0.1) is 11.6 Å². The third-order valence-electron chi connectivity index (χ3n) is 5.41. The van der Waals surface area contributed by atoms with Crippen LogP contribution < -0.4 is 14.4 Å². The minimum atomic E-state index is -0.902. The van der Waals surface area contributed by atoms with E-state index in [1.54, 1.807) is 42.5 Å². The Morgan fingerprint density at radius 1 is 1.25 bits per heavy atom. The smallest absolute Gasteiger partial charge is 0.191 e. The number of imidazole rings is 1. The second kappa shape index (κ2) is 10.9. The van der Waals surface area contributed by atoms with E-state index < -0.39 is 17.3 Å². The molecule has 1 aliphatic rings. The Balaban J connectivity index is 1.83. The van der Waals surface area contributed by atoms with Crippen LogP contribution in [0.5, 0.6) is 11.5 Å². The Labute approximate surface area is 206 Å². The number of nitrogens with zero attached hydrogens (tertiary/aromatic N) is 7. The van der Waals surface area contributed by atoms with Crippen LogP contribution in [-0.2, 0) is 13.6 Å². The van der Waals surface area contributed by atoms with E-state index in [0.717, 1.165) is 17.3 Å². The number of halogens is 2. The third-order valence-corrected chi connectivity index (χ3v) is 5.41. The molecule has 188 valence electrons. The van der Waals surface area contributed by atoms with Crippen LogP contribution in [0.4, 0.5) is 14.5 Å². The first-order valence-corrected chi connectivity index (χ1v) is 11.1. The van der Waals surface area contributed by atoms with Crippen LogP contribution in [0.25, 0.3) is 0 Å². The summed E-state index contributed by atoms with van der Waals surface area (Å²) in [5.41, 5.74) is 1.17. The van der Waals surface area contributed by atoms with Gasteiger partial charge in [-0.2, -0.15) is 5.10 Å². The first-order chi connectivity index (χ1) is 17.4. The number of aromatic nitrogens is 4. The van der Waals surface area contributed by atoms with Gasteiger partial charge in [0.1, 0.15) is 17.3 Å². The Bertz CT molecular complexity index is 1310. The van der Waals surface area contributed by atoms with Gasteiger partial charge in [0, 0.05) is 49.9 Å². The summed E-state index contributed by atoms with van der Waals surface area (Å²) >= 11 is 0. The van der Waals surface area contributed by atoms with Gasteiger partial charge in [-0.15, -0.1) is 0 Å². The van der Waals surface area contributed by atoms with Crippen molar-refractivity contribution in [2.75, 3.05) is 25.7 Å². The van der Waals surface area contributed by atoms with Crippen molar-refractivity contribution in [3.05, 3.63) is 65.8 Å². The normalized spacial score (nSPS) is 15.1. The van der Waals surface area contributed by atoms with E-state index in [1.165, 1.54) is 19.1 Å². The van der Waals surface area contributed by atoms with Gasteiger partial charge in [-0.3, -0.25) is 9.67 Å². The summed E-state index contributed by atoms with van der Waals surface area (Å²) in [5, 5.41) is 4.20. The molecule has 10 nitrogen and oxygen atoms in total. The molecule has 36 heavy (non-hydrogen) atoms. The maximum Gasteiger partial charge on any atom is 0.191 e. The van der Waals surface area contributed by atoms with Crippen LogP contribution in [-0.4, -0.2) is 58.3 Å². The molecule has 3 heterocycles. The molecule has 1 aliphatic heterocycles. The number of hydrogen-bond donors (Lipinski definition) is 1. The molecule has 0 radical (unpaired) electrons. The number of hydrogen-bond acceptors (Lipinski definition) is 7. The quantitative estimate of drug-likeness (QED) is 0.512. The number of anilines is 1. The number of aromatic amines is 1. The molecule has 0 fully saturated rings. The molecule has 4 rings (SSSR count). The van der Waals surface area contributed by atoms with Crippen LogP contribution >= 0.6 is 0 Å². The first-order valence-electron chi connectivity index (χ1n) is 11.1. The maximum absolute atomic E-state index is 15.5. The number of aliphatic imine (C=N–C) groups is 3. The molecule has 12 heteroatoms. The first kappa shape index (κ1) is 24.8. The number of ether oxygens (including phenoxy) is 2. The van der Waals surface area contributed by atoms with Crippen molar-refractivity contribution < 1.29 is 18.3 Å². The number of rotatable bonds is 8. The number of nitrogens with one attached hydrogen (secondary N) is 1. The second-order valence-electron chi connectivity index (χ2n) is 7.74. The van der Waals surface area contributed by atoms with Gasteiger partial charge >= 0.3 is 0 Å². The Morgan fingerprint density at radius 3 is 2.58 bits per heavy atom. The van der Waals surface area contributed by atoms with Crippen molar-refractivity contribution in [1.29, 1.82) is 0 Å². The Morgan fingerprint density at radius 2 is 2.00 bits per heavy atom. The lowest BCUT2D eigenvalue weighted by Crippen LogP contribution is -2.25. The van der Waals surface area contributed by atoms with Gasteiger partial charge in [-0.1, -0.05) is 0 Å². The van der Waals surface area contributed by atoms with Crippen LogP contribution in [0.1, 0.15) is 24.7 Å². The summed E-state index contributed by atoms with van der Waals surface area (Å²) < 4.78 is 43.0. The summed E-state index contributed by atoms with van der Waals surface area (Å²) in [6.07, 6.45) is 10.6. The van der Waals surface area contributed by atoms with Crippen molar-refractivity contribution >= 4 is 23.4 Å². The molecule has 1 N–H and O–H groups in total. The minimum Gasteiger partial charge on any atom is -0.493 e. The lowest BCUT2D eigenvalue weighted by molar-refractivity contribution is 0.358. The molecule has 0 saturated carbocycles. The Hall–Kier alpha value is -4.35. The summed E-state index contributed by atoms with van der Waals surface area (Å²) in [4.78, 5) is 22.3. The molecule has 0 bridgehead atoms. The van der Waals surface area contributed by atoms with E-state index >= 15 is 8.78 Å². The average Bonchev–Trinajstić information content (AvgIpc) is 3.49. The predicted octanol–water partition coefficient (Wildman–Crippen LogP) is 3.67. The summed E-state index contributed by atoms with van der Waals surface area (Å²) in [6.45, 7) is 1.89. The average molecular weight is 497 g/mol. The number of amidine groups is 1. The van der Waals surface area contributed by atoms with Crippen molar-refractivity contribution in [1.82, 2.24) is 19.7 Å².